The third-order valence-electron chi connectivity index (χ3n) is 4.65. The zero-order chi connectivity index (χ0) is 22.8. The summed E-state index contributed by atoms with van der Waals surface area (Å²) in [4.78, 5) is 28.4. The average molecular weight is 454 g/mol. The standard InChI is InChI=1S/C24H27N3O4S/c1-17(28)26-22-7-4-3-6-19(22)9-8-18-14-20(23(29)27-24-25-10-13-32-24)16-21(15-18)31-12-5-11-30-2/h3-4,6-7,10,13-16H,5,8-9,11-12H2,1-2H3,(H,26,28)(H,25,27,29). The molecule has 0 aliphatic rings. The van der Waals surface area contributed by atoms with E-state index in [-0.39, 0.29) is 11.8 Å². The Bertz CT molecular complexity index is 1040. The topological polar surface area (TPSA) is 89.5 Å². The highest BCUT2D eigenvalue weighted by molar-refractivity contribution is 7.13. The molecule has 0 fully saturated rings. The van der Waals surface area contributed by atoms with Gasteiger partial charge in [0.1, 0.15) is 5.75 Å². The van der Waals surface area contributed by atoms with E-state index in [1.807, 2.05) is 41.8 Å². The van der Waals surface area contributed by atoms with Crippen molar-refractivity contribution < 1.29 is 19.1 Å². The highest BCUT2D eigenvalue weighted by atomic mass is 32.1. The maximum Gasteiger partial charge on any atom is 0.257 e. The average Bonchev–Trinajstić information content (AvgIpc) is 3.29. The van der Waals surface area contributed by atoms with Gasteiger partial charge in [-0.25, -0.2) is 4.98 Å². The van der Waals surface area contributed by atoms with Crippen molar-refractivity contribution >= 4 is 34.0 Å². The molecule has 0 spiro atoms. The van der Waals surface area contributed by atoms with Crippen LogP contribution in [0.4, 0.5) is 10.8 Å². The molecule has 0 atom stereocenters. The summed E-state index contributed by atoms with van der Waals surface area (Å²) in [6.45, 7) is 2.60. The number of carbonyl (C=O) groups is 2. The third-order valence-corrected chi connectivity index (χ3v) is 5.34. The van der Waals surface area contributed by atoms with E-state index < -0.39 is 0 Å². The first-order valence-corrected chi connectivity index (χ1v) is 11.2. The van der Waals surface area contributed by atoms with Crippen LogP contribution in [-0.4, -0.2) is 37.1 Å². The number of anilines is 2. The Morgan fingerprint density at radius 1 is 1.06 bits per heavy atom. The zero-order valence-electron chi connectivity index (χ0n) is 18.2. The number of ether oxygens (including phenoxy) is 2. The Hall–Kier alpha value is -3.23. The van der Waals surface area contributed by atoms with Crippen LogP contribution in [0, 0.1) is 0 Å². The summed E-state index contributed by atoms with van der Waals surface area (Å²) in [6, 6.07) is 13.3. The minimum atomic E-state index is -0.234. The van der Waals surface area contributed by atoms with Gasteiger partial charge in [-0.1, -0.05) is 18.2 Å². The third kappa shape index (κ3) is 7.18. The highest BCUT2D eigenvalue weighted by Crippen LogP contribution is 2.23. The van der Waals surface area contributed by atoms with Crippen LogP contribution in [0.5, 0.6) is 5.75 Å². The van der Waals surface area contributed by atoms with Crippen LogP contribution in [0.15, 0.2) is 54.0 Å². The number of hydrogen-bond acceptors (Lipinski definition) is 6. The number of carbonyl (C=O) groups excluding carboxylic acids is 2. The Kier molecular flexibility index (Phi) is 8.77. The number of hydrogen-bond donors (Lipinski definition) is 2. The lowest BCUT2D eigenvalue weighted by Crippen LogP contribution is -2.13. The molecule has 0 aliphatic carbocycles. The van der Waals surface area contributed by atoms with Crippen molar-refractivity contribution in [3.8, 4) is 5.75 Å². The summed E-state index contributed by atoms with van der Waals surface area (Å²) >= 11 is 1.36. The molecule has 7 nitrogen and oxygen atoms in total. The van der Waals surface area contributed by atoms with Gasteiger partial charge in [-0.15, -0.1) is 11.3 Å². The predicted molar refractivity (Wildman–Crippen MR) is 127 cm³/mol. The number of amides is 2. The fraction of sp³-hybridized carbons (Fsp3) is 0.292. The van der Waals surface area contributed by atoms with Crippen LogP contribution < -0.4 is 15.4 Å². The summed E-state index contributed by atoms with van der Waals surface area (Å²) in [5, 5.41) is 8.05. The van der Waals surface area contributed by atoms with Crippen LogP contribution in [0.3, 0.4) is 0 Å². The van der Waals surface area contributed by atoms with Crippen molar-refractivity contribution in [2.45, 2.75) is 26.2 Å². The first kappa shape index (κ1) is 23.4. The van der Waals surface area contributed by atoms with Crippen LogP contribution in [0.2, 0.25) is 0 Å². The number of methoxy groups -OCH3 is 1. The van der Waals surface area contributed by atoms with Gasteiger partial charge in [-0.2, -0.15) is 0 Å². The van der Waals surface area contributed by atoms with Crippen LogP contribution in [0.1, 0.15) is 34.8 Å². The molecule has 0 saturated heterocycles. The minimum absolute atomic E-state index is 0.106. The van der Waals surface area contributed by atoms with Crippen molar-refractivity contribution in [1.82, 2.24) is 4.98 Å². The molecule has 168 valence electrons. The molecule has 2 amide bonds. The van der Waals surface area contributed by atoms with Gasteiger partial charge in [0, 0.05) is 49.9 Å². The second kappa shape index (κ2) is 12.0. The number of nitrogens with zero attached hydrogens (tertiary/aromatic N) is 1. The van der Waals surface area contributed by atoms with Gasteiger partial charge < -0.3 is 14.8 Å². The molecule has 32 heavy (non-hydrogen) atoms. The van der Waals surface area contributed by atoms with E-state index in [1.54, 1.807) is 19.4 Å². The lowest BCUT2D eigenvalue weighted by Gasteiger charge is -2.13. The number of para-hydroxylation sites is 1. The van der Waals surface area contributed by atoms with Crippen molar-refractivity contribution in [3.05, 3.63) is 70.7 Å². The highest BCUT2D eigenvalue weighted by Gasteiger charge is 2.12. The monoisotopic (exact) mass is 453 g/mol. The molecule has 0 saturated carbocycles. The molecule has 8 heteroatoms. The normalized spacial score (nSPS) is 10.6. The molecular formula is C24H27N3O4S. The van der Waals surface area contributed by atoms with E-state index in [2.05, 4.69) is 15.6 Å². The maximum absolute atomic E-state index is 12.8. The number of thiazole rings is 1. The molecule has 0 aliphatic heterocycles. The predicted octanol–water partition coefficient (Wildman–Crippen LogP) is 4.55. The van der Waals surface area contributed by atoms with Gasteiger partial charge in [0.15, 0.2) is 5.13 Å². The van der Waals surface area contributed by atoms with E-state index in [1.165, 1.54) is 18.3 Å². The molecule has 2 aromatic carbocycles. The number of aryl methyl sites for hydroxylation is 2. The summed E-state index contributed by atoms with van der Waals surface area (Å²) in [5.41, 5.74) is 3.31. The van der Waals surface area contributed by atoms with E-state index >= 15 is 0 Å². The number of benzene rings is 2. The Morgan fingerprint density at radius 2 is 1.91 bits per heavy atom. The number of aromatic nitrogens is 1. The molecule has 0 radical (unpaired) electrons. The molecule has 1 aromatic heterocycles. The maximum atomic E-state index is 12.8. The van der Waals surface area contributed by atoms with Gasteiger partial charge in [-0.05, 0) is 48.2 Å². The van der Waals surface area contributed by atoms with E-state index in [0.717, 1.165) is 23.2 Å². The summed E-state index contributed by atoms with van der Waals surface area (Å²) in [5.74, 6) is 0.297. The zero-order valence-corrected chi connectivity index (χ0v) is 19.0. The van der Waals surface area contributed by atoms with Crippen molar-refractivity contribution in [1.29, 1.82) is 0 Å². The Morgan fingerprint density at radius 3 is 2.66 bits per heavy atom. The summed E-state index contributed by atoms with van der Waals surface area (Å²) < 4.78 is 10.9. The van der Waals surface area contributed by atoms with Gasteiger partial charge in [0.05, 0.1) is 6.61 Å². The quantitative estimate of drug-likeness (QED) is 0.416. The Balaban J connectivity index is 1.77. The number of rotatable bonds is 11. The smallest absolute Gasteiger partial charge is 0.257 e. The molecule has 1 heterocycles. The summed E-state index contributed by atoms with van der Waals surface area (Å²) in [7, 11) is 1.65. The molecule has 0 unspecified atom stereocenters. The lowest BCUT2D eigenvalue weighted by atomic mass is 10.0. The molecule has 3 rings (SSSR count). The minimum Gasteiger partial charge on any atom is -0.493 e. The van der Waals surface area contributed by atoms with E-state index in [9.17, 15) is 9.59 Å². The molecule has 0 bridgehead atoms. The number of nitrogens with one attached hydrogen (secondary N) is 2. The Labute approximate surface area is 191 Å². The summed E-state index contributed by atoms with van der Waals surface area (Å²) in [6.07, 6.45) is 3.79. The second-order valence-corrected chi connectivity index (χ2v) is 8.08. The molecule has 2 N–H and O–H groups in total. The largest absolute Gasteiger partial charge is 0.493 e. The van der Waals surface area contributed by atoms with E-state index in [4.69, 9.17) is 9.47 Å². The van der Waals surface area contributed by atoms with E-state index in [0.29, 0.717) is 42.5 Å². The van der Waals surface area contributed by atoms with Gasteiger partial charge in [-0.3, -0.25) is 14.9 Å². The van der Waals surface area contributed by atoms with Crippen molar-refractivity contribution in [2.75, 3.05) is 31.0 Å². The van der Waals surface area contributed by atoms with Crippen molar-refractivity contribution in [2.24, 2.45) is 0 Å². The SMILES string of the molecule is COCCCOc1cc(CCc2ccccc2NC(C)=O)cc(C(=O)Nc2nccs2)c1. The van der Waals surface area contributed by atoms with Gasteiger partial charge in [0.25, 0.3) is 5.91 Å². The second-order valence-electron chi connectivity index (χ2n) is 7.19. The molecular weight excluding hydrogens is 426 g/mol. The molecule has 3 aromatic rings. The van der Waals surface area contributed by atoms with Gasteiger partial charge >= 0.3 is 0 Å². The lowest BCUT2D eigenvalue weighted by molar-refractivity contribution is -0.114. The first-order chi connectivity index (χ1) is 15.5. The van der Waals surface area contributed by atoms with Crippen LogP contribution >= 0.6 is 11.3 Å². The fourth-order valence-corrected chi connectivity index (χ4v) is 3.72. The first-order valence-electron chi connectivity index (χ1n) is 10.4. The van der Waals surface area contributed by atoms with Crippen LogP contribution in [0.25, 0.3) is 0 Å². The fourth-order valence-electron chi connectivity index (χ4n) is 3.20. The van der Waals surface area contributed by atoms with Gasteiger partial charge in [0.2, 0.25) is 5.91 Å². The van der Waals surface area contributed by atoms with Crippen molar-refractivity contribution in [3.63, 3.8) is 0 Å². The van der Waals surface area contributed by atoms with Crippen LogP contribution in [-0.2, 0) is 22.4 Å².